The molecule has 0 aliphatic carbocycles. The van der Waals surface area contributed by atoms with Gasteiger partial charge in [0.25, 0.3) is 0 Å². The van der Waals surface area contributed by atoms with Crippen LogP contribution in [0, 0.1) is 17.1 Å². The van der Waals surface area contributed by atoms with E-state index in [4.69, 9.17) is 19.7 Å². The fourth-order valence-corrected chi connectivity index (χ4v) is 6.82. The van der Waals surface area contributed by atoms with Gasteiger partial charge >= 0.3 is 5.97 Å². The van der Waals surface area contributed by atoms with E-state index in [9.17, 15) is 9.90 Å². The molecule has 0 radical (unpaired) electrons. The normalized spacial score (nSPS) is 23.6. The third-order valence-electron chi connectivity index (χ3n) is 9.43. The van der Waals surface area contributed by atoms with Crippen LogP contribution in [0.4, 0.5) is 8.78 Å². The summed E-state index contributed by atoms with van der Waals surface area (Å²) in [6, 6.07) is 16.5. The van der Waals surface area contributed by atoms with E-state index < -0.39 is 23.6 Å². The van der Waals surface area contributed by atoms with Gasteiger partial charge < -0.3 is 19.1 Å². The van der Waals surface area contributed by atoms with Crippen molar-refractivity contribution in [2.45, 2.75) is 63.1 Å². The highest BCUT2D eigenvalue weighted by Gasteiger charge is 2.49. The number of halogens is 2. The van der Waals surface area contributed by atoms with E-state index in [0.29, 0.717) is 24.4 Å². The molecule has 4 aromatic rings. The lowest BCUT2D eigenvalue weighted by molar-refractivity contribution is -0.0592. The van der Waals surface area contributed by atoms with Crippen LogP contribution in [0.5, 0.6) is 5.75 Å². The van der Waals surface area contributed by atoms with Gasteiger partial charge in [0.1, 0.15) is 17.4 Å². The molecule has 1 aromatic heterocycles. The number of likely N-dealkylation sites (tertiary alicyclic amines) is 1. The maximum atomic E-state index is 16.0. The highest BCUT2D eigenvalue weighted by atomic mass is 19.1. The summed E-state index contributed by atoms with van der Waals surface area (Å²) in [5.74, 6) is -0.129. The minimum atomic E-state index is -1.56. The van der Waals surface area contributed by atoms with E-state index in [1.807, 2.05) is 18.2 Å². The Bertz CT molecular complexity index is 1810. The van der Waals surface area contributed by atoms with Gasteiger partial charge in [-0.3, -0.25) is 4.90 Å². The Morgan fingerprint density at radius 3 is 2.59 bits per heavy atom. The molecule has 3 aliphatic heterocycles. The number of aromatic nitrogens is 2. The van der Waals surface area contributed by atoms with Crippen LogP contribution in [-0.2, 0) is 23.4 Å². The minimum absolute atomic E-state index is 0.0895. The van der Waals surface area contributed by atoms with Crippen LogP contribution < -0.4 is 4.74 Å². The van der Waals surface area contributed by atoms with Crippen molar-refractivity contribution < 1.29 is 28.2 Å². The molecule has 0 spiro atoms. The van der Waals surface area contributed by atoms with Crippen LogP contribution in [-0.4, -0.2) is 51.3 Å². The third-order valence-corrected chi connectivity index (χ3v) is 9.43. The summed E-state index contributed by atoms with van der Waals surface area (Å²) >= 11 is 0. The average molecular weight is 599 g/mol. The standard InChI is InChI=1S/C34H32F2N4O4/c1-34(26-7-5-20(17-37)15-27(26)35)32(36)25-4-2-3-24(31(25)44-34)21-9-12-39(13-10-21)19-30-38-28-8-6-22(33(41)42)16-29(28)40(30)18-23-11-14-43-23/h2-8,15-16,21,23,32H,9-14,18-19H2,1H3,(H,41,42). The predicted octanol–water partition coefficient (Wildman–Crippen LogP) is 6.23. The first-order valence-corrected chi connectivity index (χ1v) is 15.0. The molecule has 44 heavy (non-hydrogen) atoms. The van der Waals surface area contributed by atoms with Crippen molar-refractivity contribution in [1.82, 2.24) is 14.5 Å². The molecule has 226 valence electrons. The topological polar surface area (TPSA) is 101 Å². The second kappa shape index (κ2) is 11.0. The van der Waals surface area contributed by atoms with E-state index in [1.165, 1.54) is 12.1 Å². The van der Waals surface area contributed by atoms with Crippen molar-refractivity contribution in [3.8, 4) is 11.8 Å². The average Bonchev–Trinajstić information content (AvgIpc) is 3.47. The van der Waals surface area contributed by atoms with Gasteiger partial charge in [0.2, 0.25) is 0 Å². The predicted molar refractivity (Wildman–Crippen MR) is 158 cm³/mol. The van der Waals surface area contributed by atoms with Gasteiger partial charge in [-0.25, -0.2) is 18.6 Å². The Labute approximate surface area is 253 Å². The maximum absolute atomic E-state index is 16.0. The van der Waals surface area contributed by atoms with E-state index in [-0.39, 0.29) is 28.7 Å². The first-order chi connectivity index (χ1) is 21.2. The smallest absolute Gasteiger partial charge is 0.335 e. The third kappa shape index (κ3) is 4.81. The van der Waals surface area contributed by atoms with Crippen LogP contribution in [0.25, 0.3) is 11.0 Å². The lowest BCUT2D eigenvalue weighted by Crippen LogP contribution is -2.35. The molecule has 0 saturated carbocycles. The number of imidazole rings is 1. The Hall–Kier alpha value is -4.33. The van der Waals surface area contributed by atoms with Gasteiger partial charge in [-0.2, -0.15) is 5.26 Å². The highest BCUT2D eigenvalue weighted by molar-refractivity contribution is 5.92. The zero-order valence-electron chi connectivity index (χ0n) is 24.3. The number of carboxylic acids is 1. The SMILES string of the molecule is CC1(c2ccc(C#N)cc2F)Oc2c(C3CCN(Cc4nc5ccc(C(=O)O)cc5n4CC4CCO4)CC3)cccc2C1F. The quantitative estimate of drug-likeness (QED) is 0.269. The number of hydrogen-bond donors (Lipinski definition) is 1. The van der Waals surface area contributed by atoms with Gasteiger partial charge in [0, 0.05) is 17.7 Å². The Morgan fingerprint density at radius 2 is 1.91 bits per heavy atom. The summed E-state index contributed by atoms with van der Waals surface area (Å²) < 4.78 is 45.1. The molecule has 1 N–H and O–H groups in total. The molecule has 7 rings (SSSR count). The number of hydrogen-bond acceptors (Lipinski definition) is 6. The molecular weight excluding hydrogens is 566 g/mol. The summed E-state index contributed by atoms with van der Waals surface area (Å²) in [5, 5.41) is 18.7. The first-order valence-electron chi connectivity index (χ1n) is 15.0. The monoisotopic (exact) mass is 598 g/mol. The van der Waals surface area contributed by atoms with E-state index in [0.717, 1.165) is 67.4 Å². The molecule has 10 heteroatoms. The summed E-state index contributed by atoms with van der Waals surface area (Å²) in [5.41, 5.74) is 1.86. The van der Waals surface area contributed by atoms with Crippen molar-refractivity contribution in [3.05, 3.63) is 94.1 Å². The fourth-order valence-electron chi connectivity index (χ4n) is 6.82. The Kier molecular flexibility index (Phi) is 7.10. The van der Waals surface area contributed by atoms with Crippen LogP contribution in [0.15, 0.2) is 54.6 Å². The summed E-state index contributed by atoms with van der Waals surface area (Å²) in [4.78, 5) is 18.8. The number of para-hydroxylation sites is 1. The number of ether oxygens (including phenoxy) is 2. The number of carboxylic acid groups (broad SMARTS) is 1. The largest absolute Gasteiger partial charge is 0.479 e. The molecule has 2 saturated heterocycles. The van der Waals surface area contributed by atoms with Crippen molar-refractivity contribution >= 4 is 17.0 Å². The van der Waals surface area contributed by atoms with Crippen LogP contribution in [0.1, 0.15) is 76.7 Å². The number of nitrogens with zero attached hydrogens (tertiary/aromatic N) is 4. The first kappa shape index (κ1) is 28.4. The molecule has 2 fully saturated rings. The van der Waals surface area contributed by atoms with Gasteiger partial charge in [-0.15, -0.1) is 0 Å². The molecule has 3 aromatic carbocycles. The summed E-state index contributed by atoms with van der Waals surface area (Å²) in [6.07, 6.45) is 1.15. The highest BCUT2D eigenvalue weighted by Crippen LogP contribution is 2.54. The summed E-state index contributed by atoms with van der Waals surface area (Å²) in [6.45, 7) is 5.12. The number of benzene rings is 3. The second-order valence-electron chi connectivity index (χ2n) is 12.1. The number of piperidine rings is 1. The number of carbonyl (C=O) groups is 1. The van der Waals surface area contributed by atoms with Crippen LogP contribution in [0.2, 0.25) is 0 Å². The molecule has 0 amide bonds. The van der Waals surface area contributed by atoms with E-state index in [1.54, 1.807) is 31.2 Å². The molecule has 8 nitrogen and oxygen atoms in total. The Morgan fingerprint density at radius 1 is 1.14 bits per heavy atom. The number of nitriles is 1. The van der Waals surface area contributed by atoms with Gasteiger partial charge in [-0.1, -0.05) is 24.3 Å². The van der Waals surface area contributed by atoms with Gasteiger partial charge in [-0.05, 0) is 81.1 Å². The van der Waals surface area contributed by atoms with Gasteiger partial charge in [0.15, 0.2) is 11.8 Å². The number of fused-ring (bicyclic) bond motifs is 2. The van der Waals surface area contributed by atoms with Crippen molar-refractivity contribution in [3.63, 3.8) is 0 Å². The van der Waals surface area contributed by atoms with Crippen LogP contribution in [0.3, 0.4) is 0 Å². The summed E-state index contributed by atoms with van der Waals surface area (Å²) in [7, 11) is 0. The fraction of sp³-hybridized carbons (Fsp3) is 0.382. The van der Waals surface area contributed by atoms with E-state index >= 15 is 8.78 Å². The van der Waals surface area contributed by atoms with Crippen molar-refractivity contribution in [2.24, 2.45) is 0 Å². The van der Waals surface area contributed by atoms with E-state index in [2.05, 4.69) is 9.47 Å². The van der Waals surface area contributed by atoms with Crippen LogP contribution >= 0.6 is 0 Å². The molecule has 3 aliphatic rings. The number of alkyl halides is 1. The van der Waals surface area contributed by atoms with Crippen molar-refractivity contribution in [2.75, 3.05) is 19.7 Å². The Balaban J connectivity index is 1.09. The van der Waals surface area contributed by atoms with Gasteiger partial charge in [0.05, 0.1) is 47.4 Å². The zero-order valence-corrected chi connectivity index (χ0v) is 24.3. The molecule has 4 heterocycles. The number of rotatable bonds is 7. The molecule has 3 atom stereocenters. The second-order valence-corrected chi connectivity index (χ2v) is 12.1. The number of aromatic carboxylic acids is 1. The molecule has 3 unspecified atom stereocenters. The van der Waals surface area contributed by atoms with Crippen molar-refractivity contribution in [1.29, 1.82) is 5.26 Å². The maximum Gasteiger partial charge on any atom is 0.335 e. The minimum Gasteiger partial charge on any atom is -0.479 e. The molecule has 0 bridgehead atoms. The molecular formula is C34H32F2N4O4. The zero-order chi connectivity index (χ0) is 30.6. The lowest BCUT2D eigenvalue weighted by atomic mass is 9.85. The lowest BCUT2D eigenvalue weighted by Gasteiger charge is -2.33.